The van der Waals surface area contributed by atoms with Crippen LogP contribution in [-0.4, -0.2) is 43.0 Å². The van der Waals surface area contributed by atoms with E-state index >= 15 is 0 Å². The van der Waals surface area contributed by atoms with Crippen molar-refractivity contribution < 1.29 is 32.3 Å². The number of amides is 1. The zero-order chi connectivity index (χ0) is 36.3. The second-order valence-electron chi connectivity index (χ2n) is 12.0. The summed E-state index contributed by atoms with van der Waals surface area (Å²) in [5.74, 6) is -2.32. The summed E-state index contributed by atoms with van der Waals surface area (Å²) in [4.78, 5) is 42.6. The van der Waals surface area contributed by atoms with Crippen LogP contribution in [0.25, 0.3) is 28.2 Å². The molecule has 1 aromatic heterocycles. The van der Waals surface area contributed by atoms with Gasteiger partial charge in [-0.2, -0.15) is 13.2 Å². The van der Waals surface area contributed by atoms with E-state index in [2.05, 4.69) is 27.2 Å². The number of carboxylic acids is 1. The average molecular weight is 736 g/mol. The molecule has 2 heterocycles. The number of nitrogens with one attached hydrogen (secondary N) is 1. The van der Waals surface area contributed by atoms with E-state index < -0.39 is 41.4 Å². The number of aliphatic carboxylic acids is 1. The number of rotatable bonds is 9. The summed E-state index contributed by atoms with van der Waals surface area (Å²) in [5.41, 5.74) is 0.493. The van der Waals surface area contributed by atoms with Gasteiger partial charge < -0.3 is 24.5 Å². The predicted molar refractivity (Wildman–Crippen MR) is 190 cm³/mol. The van der Waals surface area contributed by atoms with Crippen LogP contribution in [0.2, 0.25) is 10.0 Å². The normalized spacial score (nSPS) is 13.9. The zero-order valence-electron chi connectivity index (χ0n) is 26.8. The maximum atomic E-state index is 13.8. The fraction of sp³-hybridized carbons (Fsp3) is 0.184. The van der Waals surface area contributed by atoms with Crippen LogP contribution < -0.4 is 20.9 Å². The first kappa shape index (κ1) is 35.7. The molecule has 51 heavy (non-hydrogen) atoms. The van der Waals surface area contributed by atoms with Crippen molar-refractivity contribution in [3.8, 4) is 11.1 Å². The molecular formula is C38H29Cl2F3N3O5-. The fourth-order valence-electron chi connectivity index (χ4n) is 6.14. The van der Waals surface area contributed by atoms with Crippen LogP contribution in [0.15, 0.2) is 100 Å². The Labute approximate surface area is 300 Å². The van der Waals surface area contributed by atoms with Gasteiger partial charge in [0.25, 0.3) is 0 Å². The van der Waals surface area contributed by atoms with E-state index in [4.69, 9.17) is 27.6 Å². The van der Waals surface area contributed by atoms with Crippen LogP contribution in [0.5, 0.6) is 0 Å². The molecule has 262 valence electrons. The largest absolute Gasteiger partial charge is 0.545 e. The lowest BCUT2D eigenvalue weighted by Gasteiger charge is -2.36. The highest BCUT2D eigenvalue weighted by Crippen LogP contribution is 2.38. The van der Waals surface area contributed by atoms with Crippen LogP contribution >= 0.6 is 23.2 Å². The number of nitrogens with zero attached hydrogens (tertiary/aromatic N) is 2. The number of benzene rings is 4. The average Bonchev–Trinajstić information content (AvgIpc) is 3.09. The maximum Gasteiger partial charge on any atom is 0.418 e. The number of halogens is 5. The summed E-state index contributed by atoms with van der Waals surface area (Å²) in [7, 11) is 0. The number of carboxylic acid groups (broad SMARTS) is 1. The van der Waals surface area contributed by atoms with Crippen LogP contribution in [-0.2, 0) is 28.7 Å². The lowest BCUT2D eigenvalue weighted by molar-refractivity contribution is -0.297. The van der Waals surface area contributed by atoms with Gasteiger partial charge in [-0.05, 0) is 65.2 Å². The summed E-state index contributed by atoms with van der Waals surface area (Å²) in [6, 6.07) is 22.9. The Balaban J connectivity index is 1.39. The molecular weight excluding hydrogens is 706 g/mol. The Bertz CT molecular complexity index is 2200. The molecule has 0 unspecified atom stereocenters. The van der Waals surface area contributed by atoms with Crippen LogP contribution in [0, 0.1) is 0 Å². The van der Waals surface area contributed by atoms with Gasteiger partial charge in [-0.3, -0.25) is 9.69 Å². The molecule has 0 spiro atoms. The number of piperazine rings is 1. The molecule has 1 aliphatic heterocycles. The van der Waals surface area contributed by atoms with Gasteiger partial charge in [-0.25, -0.2) is 4.79 Å². The zero-order valence-corrected chi connectivity index (χ0v) is 28.3. The Kier molecular flexibility index (Phi) is 10.5. The van der Waals surface area contributed by atoms with Crippen LogP contribution in [0.4, 0.5) is 24.5 Å². The maximum absolute atomic E-state index is 13.8. The van der Waals surface area contributed by atoms with E-state index in [1.807, 2.05) is 18.2 Å². The molecule has 1 N–H and O–H groups in total. The van der Waals surface area contributed by atoms with Gasteiger partial charge in [0.15, 0.2) is 0 Å². The summed E-state index contributed by atoms with van der Waals surface area (Å²) >= 11 is 12.5. The molecule has 1 saturated heterocycles. The highest BCUT2D eigenvalue weighted by atomic mass is 35.5. The first-order chi connectivity index (χ1) is 24.4. The van der Waals surface area contributed by atoms with Crippen molar-refractivity contribution in [1.29, 1.82) is 0 Å². The summed E-state index contributed by atoms with van der Waals surface area (Å²) in [5, 5.41) is 14.0. The van der Waals surface area contributed by atoms with Crippen molar-refractivity contribution in [3.05, 3.63) is 134 Å². The summed E-state index contributed by atoms with van der Waals surface area (Å²) in [6.45, 7) is 3.57. The van der Waals surface area contributed by atoms with E-state index in [9.17, 15) is 32.7 Å². The lowest BCUT2D eigenvalue weighted by Crippen LogP contribution is -2.46. The van der Waals surface area contributed by atoms with Crippen molar-refractivity contribution in [1.82, 2.24) is 4.90 Å². The molecule has 5 aromatic rings. The minimum absolute atomic E-state index is 0.117. The third-order valence-electron chi connectivity index (χ3n) is 8.54. The van der Waals surface area contributed by atoms with E-state index in [-0.39, 0.29) is 16.2 Å². The van der Waals surface area contributed by atoms with Gasteiger partial charge in [-0.15, -0.1) is 0 Å². The topological polar surface area (TPSA) is 106 Å². The van der Waals surface area contributed by atoms with Crippen LogP contribution in [0.3, 0.4) is 0 Å². The quantitative estimate of drug-likeness (QED) is 0.128. The van der Waals surface area contributed by atoms with Gasteiger partial charge in [0.2, 0.25) is 5.91 Å². The Morgan fingerprint density at radius 2 is 1.67 bits per heavy atom. The van der Waals surface area contributed by atoms with Crippen LogP contribution in [0.1, 0.15) is 22.3 Å². The molecule has 6 rings (SSSR count). The second kappa shape index (κ2) is 15.0. The molecule has 0 saturated carbocycles. The molecule has 0 radical (unpaired) electrons. The lowest BCUT2D eigenvalue weighted by atomic mass is 9.93. The third-order valence-corrected chi connectivity index (χ3v) is 9.13. The predicted octanol–water partition coefficient (Wildman–Crippen LogP) is 7.05. The van der Waals surface area contributed by atoms with Crippen molar-refractivity contribution in [2.75, 3.05) is 36.4 Å². The molecule has 8 nitrogen and oxygen atoms in total. The highest BCUT2D eigenvalue weighted by molar-refractivity contribution is 6.32. The molecule has 0 bridgehead atoms. The van der Waals surface area contributed by atoms with Crippen molar-refractivity contribution >= 4 is 63.5 Å². The monoisotopic (exact) mass is 734 g/mol. The number of hydrogen-bond donors (Lipinski definition) is 1. The Morgan fingerprint density at radius 1 is 0.922 bits per heavy atom. The minimum Gasteiger partial charge on any atom is -0.545 e. The number of hydrogen-bond acceptors (Lipinski definition) is 7. The molecule has 4 aromatic carbocycles. The molecule has 1 aliphatic rings. The summed E-state index contributed by atoms with van der Waals surface area (Å²) < 4.78 is 47.0. The van der Waals surface area contributed by atoms with Crippen molar-refractivity contribution in [2.45, 2.75) is 19.1 Å². The van der Waals surface area contributed by atoms with E-state index in [1.54, 1.807) is 30.3 Å². The van der Waals surface area contributed by atoms with Gasteiger partial charge in [0.05, 0.1) is 29.2 Å². The van der Waals surface area contributed by atoms with Crippen molar-refractivity contribution in [2.24, 2.45) is 0 Å². The van der Waals surface area contributed by atoms with E-state index in [0.29, 0.717) is 39.7 Å². The molecule has 13 heteroatoms. The molecule has 0 aliphatic carbocycles. The van der Waals surface area contributed by atoms with Gasteiger partial charge in [0.1, 0.15) is 5.58 Å². The number of carbonyl (C=O) groups is 2. The minimum atomic E-state index is -4.82. The number of alkyl halides is 3. The number of para-hydroxylation sites is 1. The van der Waals surface area contributed by atoms with Gasteiger partial charge >= 0.3 is 11.8 Å². The second-order valence-corrected chi connectivity index (χ2v) is 12.8. The van der Waals surface area contributed by atoms with Crippen molar-refractivity contribution in [3.63, 3.8) is 0 Å². The number of anilines is 2. The Morgan fingerprint density at radius 3 is 2.37 bits per heavy atom. The first-order valence-electron chi connectivity index (χ1n) is 15.8. The first-order valence-corrected chi connectivity index (χ1v) is 16.6. The fourth-order valence-corrected chi connectivity index (χ4v) is 6.52. The third kappa shape index (κ3) is 8.45. The molecule has 1 amide bonds. The van der Waals surface area contributed by atoms with Gasteiger partial charge in [0, 0.05) is 65.5 Å². The number of carbonyl (C=O) groups excluding carboxylic acids is 2. The van der Waals surface area contributed by atoms with E-state index in [1.165, 1.54) is 18.2 Å². The highest BCUT2D eigenvalue weighted by Gasteiger charge is 2.34. The van der Waals surface area contributed by atoms with E-state index in [0.717, 1.165) is 49.6 Å². The smallest absolute Gasteiger partial charge is 0.418 e. The van der Waals surface area contributed by atoms with Gasteiger partial charge in [-0.1, -0.05) is 65.7 Å². The number of fused-ring (bicyclic) bond motifs is 1. The Hall–Kier alpha value is -5.10. The SMILES string of the molecule is O=C([O-])/C=C/c1cccc(-c2c(CC(=O)Nc3ccc(Cl)cc3C(F)(F)F)c(=O)oc3cc(Cl)c(CN4CCN(c5ccccc5)CC4)cc23)c1. The molecule has 1 fully saturated rings. The standard InChI is InChI=1S/C38H30Cl2F3N3O5/c39-26-10-11-32(30(19-26)38(41,42)43)44-34(47)20-29-36(24-6-4-5-23(17-24)9-12-35(48)49)28-18-25(31(40)21-33(28)51-37(29)50)22-45-13-15-46(16-14-45)27-7-2-1-3-8-27/h1-12,17-19,21H,13-16,20,22H2,(H,44,47)(H,48,49)/p-1/b12-9+. The summed E-state index contributed by atoms with van der Waals surface area (Å²) in [6.07, 6.45) is -3.30. The molecule has 0 atom stereocenters.